The lowest BCUT2D eigenvalue weighted by Crippen LogP contribution is -2.57. The van der Waals surface area contributed by atoms with Gasteiger partial charge in [0.15, 0.2) is 0 Å². The molecule has 3 fully saturated rings. The topological polar surface area (TPSA) is 90.4 Å². The molecule has 2 bridgehead atoms. The molecule has 0 aliphatic carbocycles. The number of carbonyl (C=O) groups excluding carboxylic acids is 3. The fourth-order valence-corrected chi connectivity index (χ4v) is 9.84. The van der Waals surface area contributed by atoms with Crippen LogP contribution in [0.1, 0.15) is 26.7 Å². The average Bonchev–Trinajstić information content (AvgIpc) is 3.61. The van der Waals surface area contributed by atoms with E-state index in [0.717, 1.165) is 6.42 Å². The number of amides is 3. The molecule has 3 aliphatic rings. The van der Waals surface area contributed by atoms with Gasteiger partial charge in [-0.15, -0.1) is 24.9 Å². The van der Waals surface area contributed by atoms with Gasteiger partial charge in [-0.25, -0.2) is 0 Å². The molecule has 234 valence electrons. The zero-order valence-electron chi connectivity index (χ0n) is 25.2. The van der Waals surface area contributed by atoms with Crippen LogP contribution in [-0.4, -0.2) is 76.6 Å². The van der Waals surface area contributed by atoms with Gasteiger partial charge in [-0.05, 0) is 74.2 Å². The Morgan fingerprint density at radius 2 is 1.66 bits per heavy atom. The van der Waals surface area contributed by atoms with Gasteiger partial charge in [0.1, 0.15) is 11.8 Å². The minimum atomic E-state index is -0.802. The standard InChI is InChI=1S/C34H40ClN3O5S/c1-5-17-36(25-13-15-26(16-14-25)43-7-3)31(40)28-27-21-22(4)34(44-27)29(28)32(41)38(19-8-20-39)30(34)33(42)37(18-6-2)24-11-9-23(35)10-12-24/h5-6,9-16,22,27-30,39H,1-2,7-8,17-21H2,3-4H3/t22?,27-,28+,29-,30?,34?/m0/s1. The number of benzene rings is 2. The molecule has 3 amide bonds. The first-order valence-electron chi connectivity index (χ1n) is 15.2. The van der Waals surface area contributed by atoms with Crippen LogP contribution in [0.25, 0.3) is 0 Å². The van der Waals surface area contributed by atoms with E-state index in [1.807, 2.05) is 31.2 Å². The first kappa shape index (κ1) is 32.1. The number of hydrogen-bond donors (Lipinski definition) is 1. The molecule has 10 heteroatoms. The fourth-order valence-electron chi connectivity index (χ4n) is 7.30. The zero-order chi connectivity index (χ0) is 31.6. The van der Waals surface area contributed by atoms with Crippen molar-refractivity contribution in [1.29, 1.82) is 0 Å². The number of likely N-dealkylation sites (tertiary alicyclic amines) is 1. The minimum Gasteiger partial charge on any atom is -0.494 e. The van der Waals surface area contributed by atoms with Crippen LogP contribution < -0.4 is 14.5 Å². The summed E-state index contributed by atoms with van der Waals surface area (Å²) in [7, 11) is 0. The van der Waals surface area contributed by atoms with Crippen molar-refractivity contribution in [1.82, 2.24) is 4.90 Å². The second kappa shape index (κ2) is 13.4. The maximum atomic E-state index is 14.7. The second-order valence-corrected chi connectivity index (χ2v) is 13.5. The molecule has 1 N–H and O–H groups in total. The highest BCUT2D eigenvalue weighted by Crippen LogP contribution is 2.69. The van der Waals surface area contributed by atoms with Crippen molar-refractivity contribution in [2.45, 2.75) is 42.7 Å². The maximum absolute atomic E-state index is 14.7. The highest BCUT2D eigenvalue weighted by Gasteiger charge is 2.76. The molecule has 6 atom stereocenters. The van der Waals surface area contributed by atoms with E-state index in [9.17, 15) is 19.5 Å². The highest BCUT2D eigenvalue weighted by atomic mass is 35.5. The second-order valence-electron chi connectivity index (χ2n) is 11.5. The van der Waals surface area contributed by atoms with Crippen LogP contribution in [0.3, 0.4) is 0 Å². The monoisotopic (exact) mass is 637 g/mol. The van der Waals surface area contributed by atoms with E-state index in [2.05, 4.69) is 20.1 Å². The van der Waals surface area contributed by atoms with Gasteiger partial charge in [0.25, 0.3) is 5.91 Å². The smallest absolute Gasteiger partial charge is 0.251 e. The van der Waals surface area contributed by atoms with E-state index >= 15 is 0 Å². The number of nitrogens with zero attached hydrogens (tertiary/aromatic N) is 3. The molecular formula is C34H40ClN3O5S. The summed E-state index contributed by atoms with van der Waals surface area (Å²) >= 11 is 7.78. The van der Waals surface area contributed by atoms with Crippen LogP contribution in [0.2, 0.25) is 5.02 Å². The molecule has 3 aliphatic heterocycles. The number of aliphatic hydroxyl groups is 1. The Morgan fingerprint density at radius 1 is 1.07 bits per heavy atom. The number of halogens is 1. The fraction of sp³-hybridized carbons (Fsp3) is 0.441. The van der Waals surface area contributed by atoms with Gasteiger partial charge < -0.3 is 24.5 Å². The van der Waals surface area contributed by atoms with Crippen molar-refractivity contribution in [2.75, 3.05) is 42.6 Å². The number of aliphatic hydroxyl groups excluding tert-OH is 1. The molecule has 0 radical (unpaired) electrons. The van der Waals surface area contributed by atoms with Gasteiger partial charge in [0.2, 0.25) is 11.8 Å². The number of thioether (sulfide) groups is 1. The Morgan fingerprint density at radius 3 is 2.23 bits per heavy atom. The first-order chi connectivity index (χ1) is 21.2. The normalized spacial score (nSPS) is 26.8. The zero-order valence-corrected chi connectivity index (χ0v) is 26.8. The number of fused-ring (bicyclic) bond motifs is 1. The van der Waals surface area contributed by atoms with Crippen LogP contribution in [-0.2, 0) is 14.4 Å². The minimum absolute atomic E-state index is 0.0118. The Bertz CT molecular complexity index is 1400. The number of carbonyl (C=O) groups is 3. The Balaban J connectivity index is 1.55. The summed E-state index contributed by atoms with van der Waals surface area (Å²) in [6.07, 6.45) is 4.39. The molecule has 44 heavy (non-hydrogen) atoms. The van der Waals surface area contributed by atoms with Gasteiger partial charge in [-0.1, -0.05) is 30.7 Å². The lowest BCUT2D eigenvalue weighted by molar-refractivity contribution is -0.139. The summed E-state index contributed by atoms with van der Waals surface area (Å²) in [6.45, 7) is 12.9. The van der Waals surface area contributed by atoms with Gasteiger partial charge >= 0.3 is 0 Å². The third-order valence-corrected chi connectivity index (χ3v) is 11.4. The predicted molar refractivity (Wildman–Crippen MR) is 176 cm³/mol. The molecule has 8 nitrogen and oxygen atoms in total. The predicted octanol–water partition coefficient (Wildman–Crippen LogP) is 5.20. The van der Waals surface area contributed by atoms with Gasteiger partial charge in [0, 0.05) is 47.9 Å². The number of anilines is 2. The van der Waals surface area contributed by atoms with Crippen molar-refractivity contribution in [3.63, 3.8) is 0 Å². The van der Waals surface area contributed by atoms with E-state index in [4.69, 9.17) is 16.3 Å². The van der Waals surface area contributed by atoms with E-state index in [1.165, 1.54) is 0 Å². The van der Waals surface area contributed by atoms with E-state index < -0.39 is 22.6 Å². The SMILES string of the molecule is C=CCN(C(=O)C1N(CCCO)C(=O)[C@@H]2[C@H](C(=O)N(CC=C)c3ccc(OCC)cc3)[C@@H]3CC(C)C12S3)c1ccc(Cl)cc1. The number of hydrogen-bond acceptors (Lipinski definition) is 6. The van der Waals surface area contributed by atoms with Crippen molar-refractivity contribution >= 4 is 52.5 Å². The van der Waals surface area contributed by atoms with E-state index in [0.29, 0.717) is 35.2 Å². The van der Waals surface area contributed by atoms with Crippen LogP contribution in [0.4, 0.5) is 11.4 Å². The molecule has 3 saturated heterocycles. The van der Waals surface area contributed by atoms with Gasteiger partial charge in [0.05, 0.1) is 23.2 Å². The highest BCUT2D eigenvalue weighted by molar-refractivity contribution is 8.02. The Kier molecular flexibility index (Phi) is 9.77. The van der Waals surface area contributed by atoms with Crippen LogP contribution in [0, 0.1) is 17.8 Å². The van der Waals surface area contributed by atoms with Gasteiger partial charge in [-0.3, -0.25) is 14.4 Å². The molecule has 0 aromatic heterocycles. The molecule has 0 saturated carbocycles. The molecule has 1 spiro atoms. The van der Waals surface area contributed by atoms with E-state index in [1.54, 1.807) is 62.9 Å². The van der Waals surface area contributed by atoms with Crippen molar-refractivity contribution < 1.29 is 24.2 Å². The van der Waals surface area contributed by atoms with Crippen molar-refractivity contribution in [3.05, 3.63) is 78.9 Å². The summed E-state index contributed by atoms with van der Waals surface area (Å²) < 4.78 is 4.80. The summed E-state index contributed by atoms with van der Waals surface area (Å²) in [4.78, 5) is 48.6. The van der Waals surface area contributed by atoms with Crippen LogP contribution in [0.5, 0.6) is 5.75 Å². The lowest BCUT2D eigenvalue weighted by Gasteiger charge is -2.41. The summed E-state index contributed by atoms with van der Waals surface area (Å²) in [5.74, 6) is -1.12. The molecule has 2 aromatic rings. The lowest BCUT2D eigenvalue weighted by atomic mass is 9.65. The van der Waals surface area contributed by atoms with Gasteiger partial charge in [-0.2, -0.15) is 0 Å². The quantitative estimate of drug-likeness (QED) is 0.304. The van der Waals surface area contributed by atoms with Crippen molar-refractivity contribution in [2.24, 2.45) is 17.8 Å². The van der Waals surface area contributed by atoms with Crippen LogP contribution >= 0.6 is 23.4 Å². The average molecular weight is 638 g/mol. The van der Waals surface area contributed by atoms with E-state index in [-0.39, 0.29) is 55.1 Å². The molecule has 5 rings (SSSR count). The summed E-state index contributed by atoms with van der Waals surface area (Å²) in [5, 5.41) is 10.2. The largest absolute Gasteiger partial charge is 0.494 e. The number of rotatable bonds is 13. The number of ether oxygens (including phenoxy) is 1. The Labute approximate surface area is 268 Å². The molecule has 3 unspecified atom stereocenters. The summed E-state index contributed by atoms with van der Waals surface area (Å²) in [5.41, 5.74) is 1.35. The molecular weight excluding hydrogens is 598 g/mol. The maximum Gasteiger partial charge on any atom is 0.251 e. The molecule has 2 aromatic carbocycles. The molecule has 3 heterocycles. The van der Waals surface area contributed by atoms with Crippen molar-refractivity contribution in [3.8, 4) is 5.75 Å². The third-order valence-electron chi connectivity index (χ3n) is 9.07. The van der Waals surface area contributed by atoms with Crippen LogP contribution in [0.15, 0.2) is 73.8 Å². The summed E-state index contributed by atoms with van der Waals surface area (Å²) in [6, 6.07) is 13.6. The first-order valence-corrected chi connectivity index (χ1v) is 16.4. The third kappa shape index (κ3) is 5.43. The Hall–Kier alpha value is -3.27.